The summed E-state index contributed by atoms with van der Waals surface area (Å²) in [6, 6.07) is 12.3. The van der Waals surface area contributed by atoms with E-state index in [0.29, 0.717) is 12.3 Å². The van der Waals surface area contributed by atoms with E-state index in [1.54, 1.807) is 25.5 Å². The number of fused-ring (bicyclic) bond motifs is 1. The molecule has 0 amide bonds. The Balaban J connectivity index is -0.00000190. The molecule has 2 rings (SSSR count). The van der Waals surface area contributed by atoms with Gasteiger partial charge in [-0.05, 0) is 76.0 Å². The lowest BCUT2D eigenvalue weighted by atomic mass is 9.87. The van der Waals surface area contributed by atoms with Crippen molar-refractivity contribution in [3.05, 3.63) is 109 Å². The molecule has 8 nitrogen and oxygen atoms in total. The fourth-order valence-corrected chi connectivity index (χ4v) is 3.88. The highest BCUT2D eigenvalue weighted by Gasteiger charge is 2.16. The van der Waals surface area contributed by atoms with Gasteiger partial charge >= 0.3 is 0 Å². The number of allylic oxidation sites excluding steroid dienone is 5. The maximum atomic E-state index is 8.00. The predicted molar refractivity (Wildman–Crippen MR) is 218 cm³/mol. The number of nitrogens with zero attached hydrogens (tertiary/aromatic N) is 2. The minimum Gasteiger partial charge on any atom is -0.498 e. The average Bonchev–Trinajstić information content (AvgIpc) is 3.10. The number of methoxy groups -OCH3 is 1. The third-order valence-corrected chi connectivity index (χ3v) is 6.79. The molecule has 8 heteroatoms. The molecule has 0 aliphatic carbocycles. The fourth-order valence-electron chi connectivity index (χ4n) is 3.88. The van der Waals surface area contributed by atoms with Gasteiger partial charge in [-0.15, -0.1) is 6.58 Å². The summed E-state index contributed by atoms with van der Waals surface area (Å²) in [5.74, 6) is 2.24. The maximum Gasteiger partial charge on any atom is 0.135 e. The molecule has 0 unspecified atom stereocenters. The molecule has 0 aliphatic heterocycles. The third-order valence-electron chi connectivity index (χ3n) is 6.79. The highest BCUT2D eigenvalue weighted by molar-refractivity contribution is 5.98. The highest BCUT2D eigenvalue weighted by Crippen LogP contribution is 2.34. The largest absolute Gasteiger partial charge is 0.498 e. The summed E-state index contributed by atoms with van der Waals surface area (Å²) in [5, 5.41) is 8.90. The van der Waals surface area contributed by atoms with E-state index >= 15 is 0 Å². The lowest BCUT2D eigenvalue weighted by Gasteiger charge is -2.22. The van der Waals surface area contributed by atoms with E-state index in [-0.39, 0.29) is 5.41 Å². The molecule has 0 heterocycles. The molecule has 0 bridgehead atoms. The Morgan fingerprint density at radius 3 is 2.04 bits per heavy atom. The van der Waals surface area contributed by atoms with Crippen molar-refractivity contribution < 1.29 is 14.3 Å². The second kappa shape index (κ2) is 30.9. The van der Waals surface area contributed by atoms with E-state index < -0.39 is 0 Å². The van der Waals surface area contributed by atoms with Crippen molar-refractivity contribution >= 4 is 29.5 Å². The number of nitrogens with one attached hydrogen (secondary N) is 2. The van der Waals surface area contributed by atoms with Crippen LogP contribution < -0.4 is 21.1 Å². The molecule has 0 radical (unpaired) electrons. The Bertz CT molecular complexity index is 1310. The van der Waals surface area contributed by atoms with Gasteiger partial charge in [0.2, 0.25) is 0 Å². The number of carbonyl (C=O) groups is 1. The zero-order valence-corrected chi connectivity index (χ0v) is 32.5. The third kappa shape index (κ3) is 20.5. The normalized spacial score (nSPS) is 11.6. The first kappa shape index (κ1) is 49.0. The number of nitrogens with two attached hydrogens (primary N) is 1. The van der Waals surface area contributed by atoms with Crippen molar-refractivity contribution in [2.75, 3.05) is 52.2 Å². The van der Waals surface area contributed by atoms with Crippen molar-refractivity contribution in [1.29, 1.82) is 0 Å². The van der Waals surface area contributed by atoms with Crippen LogP contribution >= 0.6 is 0 Å². The van der Waals surface area contributed by atoms with Crippen molar-refractivity contribution in [2.45, 2.75) is 62.3 Å². The van der Waals surface area contributed by atoms with Gasteiger partial charge in [-0.3, -0.25) is 4.99 Å². The van der Waals surface area contributed by atoms with Gasteiger partial charge in [0.15, 0.2) is 0 Å². The van der Waals surface area contributed by atoms with Crippen LogP contribution in [0.2, 0.25) is 0 Å². The molecule has 274 valence electrons. The second-order valence-corrected chi connectivity index (χ2v) is 11.0. The Morgan fingerprint density at radius 1 is 1.02 bits per heavy atom. The summed E-state index contributed by atoms with van der Waals surface area (Å²) < 4.78 is 12.1. The summed E-state index contributed by atoms with van der Waals surface area (Å²) in [5.41, 5.74) is 7.79. The summed E-state index contributed by atoms with van der Waals surface area (Å²) in [6.07, 6.45) is 10.5. The summed E-state index contributed by atoms with van der Waals surface area (Å²) in [6.45, 7) is 35.8. The van der Waals surface area contributed by atoms with Gasteiger partial charge < -0.3 is 35.5 Å². The number of hydrogen-bond acceptors (Lipinski definition) is 8. The number of aliphatic imine (C=N–C) groups is 1. The number of carbonyl (C=O) groups excluding carboxylic acids is 1. The molecule has 0 fully saturated rings. The smallest absolute Gasteiger partial charge is 0.135 e. The standard InChI is InChI=1S/C33H48N4O2.C3H6.C2H5N.C2H6.CH2O/c1-10-26(19-20-35-21-22-37(11-2)12-3)39-31-18-17-29(27-15-13-14-16-28(27)31)36-30(32(38-9)24-34-8)23-25(4)33(5,6)7;1-3-2;1-2-3;2*1-2/h10,13-20,23,34,36H,1,11-12,21-22,24H2,2-9H3;3H,1H2,2H3;2H,1,3H2;1-2H3;1H2/b25-23+,26-19+,32-30-,35-20?;;;;. The van der Waals surface area contributed by atoms with E-state index in [2.05, 4.69) is 106 Å². The molecular weight excluding hydrogens is 610 g/mol. The van der Waals surface area contributed by atoms with Crippen molar-refractivity contribution in [2.24, 2.45) is 16.1 Å². The monoisotopic (exact) mass is 678 g/mol. The Morgan fingerprint density at radius 2 is 1.57 bits per heavy atom. The molecule has 0 spiro atoms. The predicted octanol–water partition coefficient (Wildman–Crippen LogP) is 9.31. The zero-order valence-electron chi connectivity index (χ0n) is 32.5. The van der Waals surface area contributed by atoms with Gasteiger partial charge in [0.1, 0.15) is 24.1 Å². The van der Waals surface area contributed by atoms with Crippen LogP contribution in [0.15, 0.2) is 114 Å². The van der Waals surface area contributed by atoms with Gasteiger partial charge in [-0.1, -0.05) is 97.5 Å². The van der Waals surface area contributed by atoms with Crippen LogP contribution in [0.5, 0.6) is 5.75 Å². The zero-order chi connectivity index (χ0) is 38.3. The lowest BCUT2D eigenvalue weighted by molar-refractivity contribution is -0.0980. The number of anilines is 1. The fraction of sp³-hybridized carbons (Fsp3) is 0.415. The van der Waals surface area contributed by atoms with Crippen LogP contribution in [-0.4, -0.2) is 64.8 Å². The van der Waals surface area contributed by atoms with Crippen LogP contribution in [0.4, 0.5) is 5.69 Å². The molecule has 4 N–H and O–H groups in total. The molecule has 0 atom stereocenters. The van der Waals surface area contributed by atoms with Gasteiger partial charge in [-0.2, -0.15) is 0 Å². The molecular formula is C41H67N5O3. The number of rotatable bonds is 15. The first-order chi connectivity index (χ1) is 23.5. The molecule has 0 aliphatic rings. The first-order valence-electron chi connectivity index (χ1n) is 16.8. The molecule has 0 saturated carbocycles. The molecule has 0 aromatic heterocycles. The quantitative estimate of drug-likeness (QED) is 0.0748. The number of benzene rings is 2. The Kier molecular flexibility index (Phi) is 30.9. The van der Waals surface area contributed by atoms with Gasteiger partial charge in [-0.25, -0.2) is 0 Å². The lowest BCUT2D eigenvalue weighted by Crippen LogP contribution is -2.25. The topological polar surface area (TPSA) is 101 Å². The van der Waals surface area contributed by atoms with Gasteiger partial charge in [0, 0.05) is 29.2 Å². The summed E-state index contributed by atoms with van der Waals surface area (Å²) >= 11 is 0. The van der Waals surface area contributed by atoms with Crippen molar-refractivity contribution in [3.8, 4) is 5.75 Å². The molecule has 2 aromatic rings. The number of ether oxygens (including phenoxy) is 2. The molecule has 0 saturated heterocycles. The van der Waals surface area contributed by atoms with Gasteiger partial charge in [0.25, 0.3) is 0 Å². The minimum absolute atomic E-state index is 0.0350. The summed E-state index contributed by atoms with van der Waals surface area (Å²) in [7, 11) is 3.62. The average molecular weight is 678 g/mol. The Labute approximate surface area is 299 Å². The Hall–Kier alpha value is -4.40. The molecule has 2 aromatic carbocycles. The second-order valence-electron chi connectivity index (χ2n) is 11.0. The maximum absolute atomic E-state index is 8.00. The van der Waals surface area contributed by atoms with Crippen LogP contribution in [-0.2, 0) is 9.53 Å². The van der Waals surface area contributed by atoms with Crippen LogP contribution in [0.1, 0.15) is 62.3 Å². The van der Waals surface area contributed by atoms with Crippen LogP contribution in [0.25, 0.3) is 10.8 Å². The van der Waals surface area contributed by atoms with Crippen LogP contribution in [0.3, 0.4) is 0 Å². The van der Waals surface area contributed by atoms with Crippen molar-refractivity contribution in [3.63, 3.8) is 0 Å². The first-order valence-corrected chi connectivity index (χ1v) is 16.8. The van der Waals surface area contributed by atoms with E-state index in [1.807, 2.05) is 64.9 Å². The van der Waals surface area contributed by atoms with E-state index in [9.17, 15) is 0 Å². The van der Waals surface area contributed by atoms with E-state index in [0.717, 1.165) is 59.8 Å². The van der Waals surface area contributed by atoms with Gasteiger partial charge in [0.05, 0.1) is 25.9 Å². The number of likely N-dealkylation sites (N-methyl/N-ethyl adjacent to an activating group) is 2. The minimum atomic E-state index is 0.0350. The summed E-state index contributed by atoms with van der Waals surface area (Å²) in [4.78, 5) is 14.9. The number of hydrogen-bond donors (Lipinski definition) is 3. The van der Waals surface area contributed by atoms with Crippen molar-refractivity contribution in [1.82, 2.24) is 10.2 Å². The van der Waals surface area contributed by atoms with E-state index in [4.69, 9.17) is 14.3 Å². The van der Waals surface area contributed by atoms with E-state index in [1.165, 1.54) is 11.8 Å². The van der Waals surface area contributed by atoms with Crippen LogP contribution in [0, 0.1) is 5.41 Å². The SMILES string of the molecule is C=C/C(=C\C=NCCN(CC)CC)Oc1ccc(NC(/C=C(\C)C(C)(C)C)=C(/CNC)OC)c2ccccc12.C=CC.C=CN.C=O.CC. The highest BCUT2D eigenvalue weighted by atomic mass is 16.5. The molecule has 49 heavy (non-hydrogen) atoms.